The molecule has 0 N–H and O–H groups in total. The second kappa shape index (κ2) is 6.98. The van der Waals surface area contributed by atoms with E-state index >= 15 is 0 Å². The molecule has 1 unspecified atom stereocenters. The Morgan fingerprint density at radius 1 is 1.08 bits per heavy atom. The average molecular weight is 339 g/mol. The molecule has 1 saturated carbocycles. The van der Waals surface area contributed by atoms with Crippen molar-refractivity contribution < 1.29 is 9.32 Å². The zero-order chi connectivity index (χ0) is 17.2. The van der Waals surface area contributed by atoms with Crippen molar-refractivity contribution in [3.05, 3.63) is 35.7 Å². The van der Waals surface area contributed by atoms with Crippen molar-refractivity contribution >= 4 is 5.91 Å². The normalized spacial score (nSPS) is 21.6. The minimum Gasteiger partial charge on any atom is -0.337 e. The van der Waals surface area contributed by atoms with E-state index in [0.717, 1.165) is 37.8 Å². The third-order valence-electron chi connectivity index (χ3n) is 5.53. The van der Waals surface area contributed by atoms with E-state index in [1.165, 1.54) is 24.8 Å². The van der Waals surface area contributed by atoms with Gasteiger partial charge < -0.3 is 9.42 Å². The van der Waals surface area contributed by atoms with E-state index in [4.69, 9.17) is 4.52 Å². The van der Waals surface area contributed by atoms with E-state index < -0.39 is 0 Å². The van der Waals surface area contributed by atoms with Gasteiger partial charge in [-0.25, -0.2) is 0 Å². The maximum atomic E-state index is 12.9. The number of aryl methyl sites for hydroxylation is 1. The lowest BCUT2D eigenvalue weighted by Crippen LogP contribution is -2.36. The maximum absolute atomic E-state index is 12.9. The average Bonchev–Trinajstić information content (AvgIpc) is 3.31. The summed E-state index contributed by atoms with van der Waals surface area (Å²) in [5.41, 5.74) is 2.15. The van der Waals surface area contributed by atoms with Crippen LogP contribution in [-0.2, 0) is 4.79 Å². The van der Waals surface area contributed by atoms with E-state index in [1.54, 1.807) is 0 Å². The van der Waals surface area contributed by atoms with Crippen LogP contribution in [0.25, 0.3) is 11.4 Å². The van der Waals surface area contributed by atoms with Gasteiger partial charge in [0, 0.05) is 18.0 Å². The van der Waals surface area contributed by atoms with Gasteiger partial charge >= 0.3 is 0 Å². The first-order valence-electron chi connectivity index (χ1n) is 9.43. The quantitative estimate of drug-likeness (QED) is 0.837. The van der Waals surface area contributed by atoms with Gasteiger partial charge in [-0.3, -0.25) is 4.79 Å². The molecule has 2 aromatic rings. The van der Waals surface area contributed by atoms with Crippen LogP contribution in [0.4, 0.5) is 0 Å². The van der Waals surface area contributed by atoms with Gasteiger partial charge in [0.15, 0.2) is 0 Å². The van der Waals surface area contributed by atoms with Crippen LogP contribution in [0, 0.1) is 12.8 Å². The number of hydrogen-bond donors (Lipinski definition) is 0. The van der Waals surface area contributed by atoms with Crippen molar-refractivity contribution in [2.45, 2.75) is 57.9 Å². The first-order chi connectivity index (χ1) is 12.2. The summed E-state index contributed by atoms with van der Waals surface area (Å²) in [5, 5.41) is 4.14. The van der Waals surface area contributed by atoms with Crippen molar-refractivity contribution in [2.24, 2.45) is 5.92 Å². The maximum Gasteiger partial charge on any atom is 0.249 e. The zero-order valence-electron chi connectivity index (χ0n) is 14.8. The van der Waals surface area contributed by atoms with Crippen LogP contribution in [0.5, 0.6) is 0 Å². The Morgan fingerprint density at radius 3 is 2.60 bits per heavy atom. The second-order valence-electron chi connectivity index (χ2n) is 7.35. The molecule has 2 aliphatic rings. The zero-order valence-corrected chi connectivity index (χ0v) is 14.8. The molecule has 1 saturated heterocycles. The third kappa shape index (κ3) is 3.32. The molecule has 0 bridgehead atoms. The second-order valence-corrected chi connectivity index (χ2v) is 7.35. The summed E-state index contributed by atoms with van der Waals surface area (Å²) >= 11 is 0. The van der Waals surface area contributed by atoms with Gasteiger partial charge in [0.2, 0.25) is 17.6 Å². The summed E-state index contributed by atoms with van der Waals surface area (Å²) in [6, 6.07) is 8.04. The fourth-order valence-corrected chi connectivity index (χ4v) is 4.06. The molecule has 0 spiro atoms. The van der Waals surface area contributed by atoms with Crippen molar-refractivity contribution in [3.8, 4) is 11.4 Å². The molecule has 25 heavy (non-hydrogen) atoms. The van der Waals surface area contributed by atoms with Crippen molar-refractivity contribution in [1.82, 2.24) is 15.0 Å². The van der Waals surface area contributed by atoms with E-state index in [0.29, 0.717) is 11.7 Å². The highest BCUT2D eigenvalue weighted by atomic mass is 16.5. The summed E-state index contributed by atoms with van der Waals surface area (Å²) in [4.78, 5) is 19.5. The molecule has 1 aliphatic carbocycles. The molecule has 1 aromatic heterocycles. The summed E-state index contributed by atoms with van der Waals surface area (Å²) in [6.45, 7) is 2.86. The Morgan fingerprint density at radius 2 is 1.84 bits per heavy atom. The fourth-order valence-electron chi connectivity index (χ4n) is 4.06. The van der Waals surface area contributed by atoms with Gasteiger partial charge in [-0.15, -0.1) is 0 Å². The predicted octanol–water partition coefficient (Wildman–Crippen LogP) is 4.29. The molecule has 2 fully saturated rings. The third-order valence-corrected chi connectivity index (χ3v) is 5.53. The molecular formula is C20H25N3O2. The van der Waals surface area contributed by atoms with Crippen LogP contribution in [0.15, 0.2) is 28.8 Å². The van der Waals surface area contributed by atoms with Crippen LogP contribution < -0.4 is 0 Å². The van der Waals surface area contributed by atoms with Gasteiger partial charge in [-0.05, 0) is 32.6 Å². The SMILES string of the molecule is Cc1ccc(-c2noc(C3CCCN3C(=O)C3CCCCC3)n2)cc1. The van der Waals surface area contributed by atoms with Gasteiger partial charge in [0.05, 0.1) is 0 Å². The molecule has 5 heteroatoms. The first-order valence-corrected chi connectivity index (χ1v) is 9.43. The molecule has 1 aromatic carbocycles. The number of hydrogen-bond acceptors (Lipinski definition) is 4. The van der Waals surface area contributed by atoms with E-state index in [9.17, 15) is 4.79 Å². The Kier molecular flexibility index (Phi) is 4.55. The topological polar surface area (TPSA) is 59.2 Å². The van der Waals surface area contributed by atoms with Crippen molar-refractivity contribution in [1.29, 1.82) is 0 Å². The highest BCUT2D eigenvalue weighted by Crippen LogP contribution is 2.35. The monoisotopic (exact) mass is 339 g/mol. The summed E-state index contributed by atoms with van der Waals surface area (Å²) < 4.78 is 5.55. The van der Waals surface area contributed by atoms with Crippen LogP contribution in [-0.4, -0.2) is 27.5 Å². The summed E-state index contributed by atoms with van der Waals surface area (Å²) in [5.74, 6) is 1.66. The Labute approximate surface area is 148 Å². The standard InChI is InChI=1S/C20H25N3O2/c1-14-9-11-15(12-10-14)18-21-19(25-22-18)17-8-5-13-23(17)20(24)16-6-3-2-4-7-16/h9-12,16-17H,2-8,13H2,1H3. The summed E-state index contributed by atoms with van der Waals surface area (Å²) in [6.07, 6.45) is 7.58. The number of amides is 1. The Hall–Kier alpha value is -2.17. The largest absolute Gasteiger partial charge is 0.337 e. The smallest absolute Gasteiger partial charge is 0.249 e. The first kappa shape index (κ1) is 16.3. The lowest BCUT2D eigenvalue weighted by Gasteiger charge is -2.29. The summed E-state index contributed by atoms with van der Waals surface area (Å²) in [7, 11) is 0. The number of benzene rings is 1. The van der Waals surface area contributed by atoms with E-state index in [1.807, 2.05) is 29.2 Å². The lowest BCUT2D eigenvalue weighted by atomic mass is 9.88. The number of rotatable bonds is 3. The lowest BCUT2D eigenvalue weighted by molar-refractivity contribution is -0.138. The minimum absolute atomic E-state index is 0.0545. The van der Waals surface area contributed by atoms with Gasteiger partial charge in [-0.1, -0.05) is 54.2 Å². The fraction of sp³-hybridized carbons (Fsp3) is 0.550. The van der Waals surface area contributed by atoms with Gasteiger partial charge in [0.25, 0.3) is 0 Å². The van der Waals surface area contributed by atoms with Crippen molar-refractivity contribution in [3.63, 3.8) is 0 Å². The molecule has 2 heterocycles. The Balaban J connectivity index is 1.52. The van der Waals surface area contributed by atoms with Crippen LogP contribution >= 0.6 is 0 Å². The van der Waals surface area contributed by atoms with Crippen LogP contribution in [0.3, 0.4) is 0 Å². The molecule has 0 radical (unpaired) electrons. The number of aromatic nitrogens is 2. The molecular weight excluding hydrogens is 314 g/mol. The Bertz CT molecular complexity index is 732. The molecule has 132 valence electrons. The van der Waals surface area contributed by atoms with Crippen molar-refractivity contribution in [2.75, 3.05) is 6.54 Å². The van der Waals surface area contributed by atoms with Gasteiger partial charge in [-0.2, -0.15) is 4.98 Å². The number of likely N-dealkylation sites (tertiary alicyclic amines) is 1. The molecule has 4 rings (SSSR count). The number of nitrogens with zero attached hydrogens (tertiary/aromatic N) is 3. The number of carbonyl (C=O) groups excluding carboxylic acids is 1. The molecule has 1 aliphatic heterocycles. The minimum atomic E-state index is -0.0545. The predicted molar refractivity (Wildman–Crippen MR) is 94.7 cm³/mol. The highest BCUT2D eigenvalue weighted by molar-refractivity contribution is 5.79. The van der Waals surface area contributed by atoms with E-state index in [-0.39, 0.29) is 17.9 Å². The van der Waals surface area contributed by atoms with Crippen LogP contribution in [0.2, 0.25) is 0 Å². The molecule has 1 atom stereocenters. The number of carbonyl (C=O) groups is 1. The molecule has 5 nitrogen and oxygen atoms in total. The van der Waals surface area contributed by atoms with Crippen LogP contribution in [0.1, 0.15) is 62.4 Å². The van der Waals surface area contributed by atoms with Gasteiger partial charge in [0.1, 0.15) is 6.04 Å². The molecule has 1 amide bonds. The highest BCUT2D eigenvalue weighted by Gasteiger charge is 2.37. The van der Waals surface area contributed by atoms with E-state index in [2.05, 4.69) is 17.1 Å².